The second-order valence-electron chi connectivity index (χ2n) is 11.6. The first-order valence-corrected chi connectivity index (χ1v) is 15.9. The van der Waals surface area contributed by atoms with Crippen molar-refractivity contribution in [3.05, 3.63) is 140 Å². The summed E-state index contributed by atoms with van der Waals surface area (Å²) >= 11 is 1.84. The van der Waals surface area contributed by atoms with E-state index in [0.29, 0.717) is 17.5 Å². The van der Waals surface area contributed by atoms with Crippen LogP contribution in [-0.4, -0.2) is 15.0 Å². The van der Waals surface area contributed by atoms with Gasteiger partial charge in [-0.2, -0.15) is 0 Å². The zero-order valence-corrected chi connectivity index (χ0v) is 24.8. The molecule has 7 aromatic carbocycles. The van der Waals surface area contributed by atoms with Crippen molar-refractivity contribution in [2.24, 2.45) is 0 Å². The quantitative estimate of drug-likeness (QED) is 0.206. The lowest BCUT2D eigenvalue weighted by atomic mass is 9.99. The van der Waals surface area contributed by atoms with Crippen LogP contribution in [0.4, 0.5) is 0 Å². The van der Waals surface area contributed by atoms with Crippen molar-refractivity contribution in [2.45, 2.75) is 0 Å². The van der Waals surface area contributed by atoms with Crippen LogP contribution in [0.5, 0.6) is 0 Å². The third-order valence-corrected chi connectivity index (χ3v) is 10.2. The topological polar surface area (TPSA) is 38.7 Å². The molecule has 0 amide bonds. The van der Waals surface area contributed by atoms with Crippen molar-refractivity contribution in [1.29, 1.82) is 0 Å². The largest absolute Gasteiger partial charge is 0.208 e. The number of fused-ring (bicyclic) bond motifs is 7. The van der Waals surface area contributed by atoms with Gasteiger partial charge in [0.2, 0.25) is 0 Å². The first-order chi connectivity index (χ1) is 22.3. The van der Waals surface area contributed by atoms with Crippen LogP contribution >= 0.6 is 11.3 Å². The van der Waals surface area contributed by atoms with Crippen molar-refractivity contribution in [3.8, 4) is 56.4 Å². The Kier molecular flexibility index (Phi) is 5.16. The van der Waals surface area contributed by atoms with Gasteiger partial charge in [0.25, 0.3) is 0 Å². The summed E-state index contributed by atoms with van der Waals surface area (Å²) in [5.74, 6) is 2.02. The minimum Gasteiger partial charge on any atom is -0.208 e. The van der Waals surface area contributed by atoms with Crippen LogP contribution in [-0.2, 0) is 0 Å². The molecule has 2 aromatic heterocycles. The van der Waals surface area contributed by atoms with Crippen LogP contribution in [0.15, 0.2) is 140 Å². The van der Waals surface area contributed by atoms with Crippen molar-refractivity contribution >= 4 is 53.1 Å². The molecule has 10 rings (SSSR count). The van der Waals surface area contributed by atoms with E-state index in [4.69, 9.17) is 15.0 Å². The fourth-order valence-electron chi connectivity index (χ4n) is 6.96. The Balaban J connectivity index is 1.23. The number of hydrogen-bond donors (Lipinski definition) is 0. The molecule has 3 nitrogen and oxygen atoms in total. The molecule has 9 aromatic rings. The third-order valence-electron chi connectivity index (χ3n) is 9.04. The van der Waals surface area contributed by atoms with E-state index in [-0.39, 0.29) is 0 Å². The summed E-state index contributed by atoms with van der Waals surface area (Å²) < 4.78 is 2.50. The maximum Gasteiger partial charge on any atom is 0.164 e. The Hall–Kier alpha value is -5.71. The summed E-state index contributed by atoms with van der Waals surface area (Å²) in [6.07, 6.45) is 0. The number of nitrogens with zero attached hydrogens (tertiary/aromatic N) is 3. The van der Waals surface area contributed by atoms with Gasteiger partial charge < -0.3 is 0 Å². The number of thiophene rings is 1. The molecule has 0 fully saturated rings. The molecule has 0 bridgehead atoms. The highest BCUT2D eigenvalue weighted by Gasteiger charge is 2.24. The monoisotopic (exact) mass is 589 g/mol. The summed E-state index contributed by atoms with van der Waals surface area (Å²) in [5.41, 5.74) is 8.20. The first kappa shape index (κ1) is 24.7. The summed E-state index contributed by atoms with van der Waals surface area (Å²) in [7, 11) is 0. The summed E-state index contributed by atoms with van der Waals surface area (Å²) in [4.78, 5) is 15.3. The molecule has 0 saturated heterocycles. The first-order valence-electron chi connectivity index (χ1n) is 15.1. The van der Waals surface area contributed by atoms with E-state index in [2.05, 4.69) is 121 Å². The molecule has 4 heteroatoms. The van der Waals surface area contributed by atoms with Crippen LogP contribution in [0.25, 0.3) is 98.1 Å². The Bertz CT molecular complexity index is 2650. The maximum atomic E-state index is 5.16. The van der Waals surface area contributed by atoms with Gasteiger partial charge in [-0.15, -0.1) is 11.3 Å². The lowest BCUT2D eigenvalue weighted by Gasteiger charge is -2.10. The van der Waals surface area contributed by atoms with Gasteiger partial charge in [-0.25, -0.2) is 15.0 Å². The van der Waals surface area contributed by atoms with Gasteiger partial charge in [-0.3, -0.25) is 0 Å². The second kappa shape index (κ2) is 9.39. The van der Waals surface area contributed by atoms with E-state index in [0.717, 1.165) is 22.1 Å². The summed E-state index contributed by atoms with van der Waals surface area (Å²) in [6, 6.07) is 49.6. The zero-order valence-electron chi connectivity index (χ0n) is 24.0. The van der Waals surface area contributed by atoms with Crippen molar-refractivity contribution in [2.75, 3.05) is 0 Å². The maximum absolute atomic E-state index is 5.16. The van der Waals surface area contributed by atoms with Crippen LogP contribution in [0.3, 0.4) is 0 Å². The molecule has 0 saturated carbocycles. The standard InChI is InChI=1S/C41H23N3S/c1-2-10-26(11-3-1)39-42-40(28-20-19-24-9-4-5-12-27(24)21-28)44-41(43-39)31-17-8-18-35-38(31)34-22-32-29-15-6-13-25-14-7-16-30(37(25)29)33(32)23-36(34)45-35/h1-23H. The molecule has 0 N–H and O–H groups in total. The second-order valence-corrected chi connectivity index (χ2v) is 12.7. The van der Waals surface area contributed by atoms with Crippen LogP contribution in [0.2, 0.25) is 0 Å². The Labute approximate surface area is 263 Å². The predicted molar refractivity (Wildman–Crippen MR) is 188 cm³/mol. The van der Waals surface area contributed by atoms with E-state index >= 15 is 0 Å². The third kappa shape index (κ3) is 3.73. The SMILES string of the molecule is c1ccc(-c2nc(-c3ccc4ccccc4c3)nc(-c3cccc4sc5cc6c(cc5c34)-c3cccc4cccc-6c34)n2)cc1. The van der Waals surface area contributed by atoms with E-state index in [1.807, 2.05) is 29.5 Å². The molecule has 0 atom stereocenters. The molecule has 45 heavy (non-hydrogen) atoms. The highest BCUT2D eigenvalue weighted by Crippen LogP contribution is 2.51. The summed E-state index contributed by atoms with van der Waals surface area (Å²) in [5, 5.41) is 7.42. The molecule has 0 aliphatic heterocycles. The Morgan fingerprint density at radius 2 is 1.00 bits per heavy atom. The smallest absolute Gasteiger partial charge is 0.164 e. The molecular weight excluding hydrogens is 567 g/mol. The molecular formula is C41H23N3S. The lowest BCUT2D eigenvalue weighted by molar-refractivity contribution is 1.08. The van der Waals surface area contributed by atoms with E-state index in [1.165, 1.54) is 58.6 Å². The van der Waals surface area contributed by atoms with Gasteiger partial charge in [-0.1, -0.05) is 115 Å². The van der Waals surface area contributed by atoms with E-state index < -0.39 is 0 Å². The van der Waals surface area contributed by atoms with Crippen LogP contribution in [0.1, 0.15) is 0 Å². The minimum atomic E-state index is 0.670. The molecule has 2 heterocycles. The number of benzene rings is 7. The van der Waals surface area contributed by atoms with E-state index in [9.17, 15) is 0 Å². The normalized spacial score (nSPS) is 12.0. The Morgan fingerprint density at radius 1 is 0.356 bits per heavy atom. The van der Waals surface area contributed by atoms with Gasteiger partial charge in [0.15, 0.2) is 17.5 Å². The lowest BCUT2D eigenvalue weighted by Crippen LogP contribution is -2.00. The number of hydrogen-bond acceptors (Lipinski definition) is 4. The highest BCUT2D eigenvalue weighted by molar-refractivity contribution is 7.26. The predicted octanol–water partition coefficient (Wildman–Crippen LogP) is 11.2. The van der Waals surface area contributed by atoms with Crippen molar-refractivity contribution in [3.63, 3.8) is 0 Å². The fraction of sp³-hybridized carbons (Fsp3) is 0. The summed E-state index contributed by atoms with van der Waals surface area (Å²) in [6.45, 7) is 0. The van der Waals surface area contributed by atoms with E-state index in [1.54, 1.807) is 0 Å². The number of rotatable bonds is 3. The molecule has 1 aliphatic rings. The van der Waals surface area contributed by atoms with Gasteiger partial charge in [0.1, 0.15) is 0 Å². The average molecular weight is 590 g/mol. The number of aromatic nitrogens is 3. The van der Waals surface area contributed by atoms with Crippen molar-refractivity contribution in [1.82, 2.24) is 15.0 Å². The minimum absolute atomic E-state index is 0.670. The van der Waals surface area contributed by atoms with Gasteiger partial charge in [0, 0.05) is 36.9 Å². The van der Waals surface area contributed by atoms with Crippen LogP contribution < -0.4 is 0 Å². The molecule has 208 valence electrons. The van der Waals surface area contributed by atoms with Crippen molar-refractivity contribution < 1.29 is 0 Å². The average Bonchev–Trinajstić information content (AvgIpc) is 3.63. The van der Waals surface area contributed by atoms with Crippen LogP contribution in [0, 0.1) is 0 Å². The molecule has 0 unspecified atom stereocenters. The Morgan fingerprint density at radius 3 is 1.82 bits per heavy atom. The zero-order chi connectivity index (χ0) is 29.5. The van der Waals surface area contributed by atoms with Gasteiger partial charge in [0.05, 0.1) is 0 Å². The highest BCUT2D eigenvalue weighted by atomic mass is 32.1. The van der Waals surface area contributed by atoms with Gasteiger partial charge in [-0.05, 0) is 68.1 Å². The molecule has 0 radical (unpaired) electrons. The molecule has 0 spiro atoms. The fourth-order valence-corrected chi connectivity index (χ4v) is 8.12. The molecule has 1 aliphatic carbocycles. The van der Waals surface area contributed by atoms with Gasteiger partial charge >= 0.3 is 0 Å².